The van der Waals surface area contributed by atoms with Gasteiger partial charge < -0.3 is 4.42 Å². The molecule has 5 heteroatoms. The average Bonchev–Trinajstić information content (AvgIpc) is 2.76. The third kappa shape index (κ3) is 3.09. The van der Waals surface area contributed by atoms with Gasteiger partial charge in [-0.15, -0.1) is 22.0 Å². The Labute approximate surface area is 107 Å². The van der Waals surface area contributed by atoms with Crippen molar-refractivity contribution in [2.75, 3.05) is 0 Å². The fraction of sp³-hybridized carbons (Fsp3) is 0.273. The molecule has 1 heterocycles. The molecule has 1 aromatic heterocycles. The van der Waals surface area contributed by atoms with Crippen LogP contribution in [0.1, 0.15) is 18.7 Å². The molecule has 2 rings (SSSR count). The highest BCUT2D eigenvalue weighted by Gasteiger charge is 2.04. The van der Waals surface area contributed by atoms with Crippen LogP contribution in [0.4, 0.5) is 0 Å². The molecule has 3 nitrogen and oxygen atoms in total. The number of nitrogens with zero attached hydrogens (tertiary/aromatic N) is 2. The largest absolute Gasteiger partial charge is 0.424 e. The maximum absolute atomic E-state index is 5.43. The van der Waals surface area contributed by atoms with E-state index in [1.54, 1.807) is 11.8 Å². The Balaban J connectivity index is 1.94. The van der Waals surface area contributed by atoms with Crippen molar-refractivity contribution in [3.8, 4) is 0 Å². The van der Waals surface area contributed by atoms with Gasteiger partial charge in [-0.2, -0.15) is 0 Å². The smallest absolute Gasteiger partial charge is 0.226 e. The minimum absolute atomic E-state index is 0.685. The number of hydrogen-bond acceptors (Lipinski definition) is 4. The quantitative estimate of drug-likeness (QED) is 0.807. The second-order valence-electron chi connectivity index (χ2n) is 3.19. The van der Waals surface area contributed by atoms with E-state index < -0.39 is 0 Å². The minimum Gasteiger partial charge on any atom is -0.424 e. The second-order valence-corrected chi connectivity index (χ2v) is 5.15. The lowest BCUT2D eigenvalue weighted by Gasteiger charge is -1.98. The molecule has 0 bridgehead atoms. The monoisotopic (exact) mass is 298 g/mol. The fourth-order valence-corrected chi connectivity index (χ4v) is 2.17. The van der Waals surface area contributed by atoms with Crippen LogP contribution in [0.3, 0.4) is 0 Å². The standard InChI is InChI=1S/C11H11BrN2OS/c1-2-10-13-14-11(15-10)7-16-9-5-3-8(12)4-6-9/h3-6H,2,7H2,1H3. The first-order valence-electron chi connectivity index (χ1n) is 4.97. The van der Waals surface area contributed by atoms with Gasteiger partial charge in [0.05, 0.1) is 5.75 Å². The van der Waals surface area contributed by atoms with Gasteiger partial charge >= 0.3 is 0 Å². The van der Waals surface area contributed by atoms with E-state index in [0.29, 0.717) is 17.5 Å². The van der Waals surface area contributed by atoms with Crippen LogP contribution in [0.15, 0.2) is 38.1 Å². The minimum atomic E-state index is 0.685. The highest BCUT2D eigenvalue weighted by atomic mass is 79.9. The number of aromatic nitrogens is 2. The van der Waals surface area contributed by atoms with Crippen molar-refractivity contribution in [1.82, 2.24) is 10.2 Å². The Hall–Kier alpha value is -0.810. The zero-order valence-corrected chi connectivity index (χ0v) is 11.2. The third-order valence-electron chi connectivity index (χ3n) is 1.99. The first-order valence-corrected chi connectivity index (χ1v) is 6.75. The molecule has 0 amide bonds. The summed E-state index contributed by atoms with van der Waals surface area (Å²) in [6, 6.07) is 8.17. The van der Waals surface area contributed by atoms with Crippen molar-refractivity contribution >= 4 is 27.7 Å². The Morgan fingerprint density at radius 1 is 1.19 bits per heavy atom. The summed E-state index contributed by atoms with van der Waals surface area (Å²) in [6.07, 6.45) is 0.788. The van der Waals surface area contributed by atoms with E-state index in [0.717, 1.165) is 10.9 Å². The van der Waals surface area contributed by atoms with Crippen LogP contribution in [0.5, 0.6) is 0 Å². The van der Waals surface area contributed by atoms with Crippen molar-refractivity contribution in [2.45, 2.75) is 24.0 Å². The van der Waals surface area contributed by atoms with E-state index in [1.165, 1.54) is 4.90 Å². The number of aryl methyl sites for hydroxylation is 1. The van der Waals surface area contributed by atoms with Crippen LogP contribution in [0, 0.1) is 0 Å². The lowest BCUT2D eigenvalue weighted by Crippen LogP contribution is -1.80. The normalized spacial score (nSPS) is 10.6. The number of thioether (sulfide) groups is 1. The van der Waals surface area contributed by atoms with Crippen LogP contribution in [-0.4, -0.2) is 10.2 Å². The predicted octanol–water partition coefficient (Wildman–Crippen LogP) is 3.69. The molecule has 0 fully saturated rings. The van der Waals surface area contributed by atoms with Gasteiger partial charge in [0.25, 0.3) is 0 Å². The van der Waals surface area contributed by atoms with Crippen molar-refractivity contribution in [1.29, 1.82) is 0 Å². The van der Waals surface area contributed by atoms with Gasteiger partial charge in [0.2, 0.25) is 11.8 Å². The molecule has 16 heavy (non-hydrogen) atoms. The Morgan fingerprint density at radius 2 is 1.88 bits per heavy atom. The van der Waals surface area contributed by atoms with Gasteiger partial charge in [0, 0.05) is 15.8 Å². The van der Waals surface area contributed by atoms with Crippen LogP contribution in [-0.2, 0) is 12.2 Å². The molecule has 0 spiro atoms. The summed E-state index contributed by atoms with van der Waals surface area (Å²) in [4.78, 5) is 1.19. The molecular weight excluding hydrogens is 288 g/mol. The summed E-state index contributed by atoms with van der Waals surface area (Å²) in [6.45, 7) is 2.00. The third-order valence-corrected chi connectivity index (χ3v) is 3.51. The van der Waals surface area contributed by atoms with Crippen molar-refractivity contribution < 1.29 is 4.42 Å². The van der Waals surface area contributed by atoms with Gasteiger partial charge in [-0.1, -0.05) is 22.9 Å². The molecule has 2 aromatic rings. The zero-order valence-electron chi connectivity index (χ0n) is 8.81. The Kier molecular flexibility index (Phi) is 4.01. The zero-order chi connectivity index (χ0) is 11.4. The molecule has 0 aliphatic rings. The fourth-order valence-electron chi connectivity index (χ4n) is 1.17. The Bertz CT molecular complexity index is 455. The maximum atomic E-state index is 5.43. The lowest BCUT2D eigenvalue weighted by atomic mass is 10.4. The van der Waals surface area contributed by atoms with Crippen molar-refractivity contribution in [3.05, 3.63) is 40.5 Å². The highest BCUT2D eigenvalue weighted by molar-refractivity contribution is 9.10. The topological polar surface area (TPSA) is 38.9 Å². The molecular formula is C11H11BrN2OS. The predicted molar refractivity (Wildman–Crippen MR) is 67.4 cm³/mol. The molecule has 84 valence electrons. The summed E-state index contributed by atoms with van der Waals surface area (Å²) in [5.74, 6) is 2.10. The number of hydrogen-bond donors (Lipinski definition) is 0. The van der Waals surface area contributed by atoms with Crippen LogP contribution in [0.2, 0.25) is 0 Å². The Morgan fingerprint density at radius 3 is 2.50 bits per heavy atom. The van der Waals surface area contributed by atoms with Gasteiger partial charge in [-0.05, 0) is 24.3 Å². The summed E-state index contributed by atoms with van der Waals surface area (Å²) in [7, 11) is 0. The summed E-state index contributed by atoms with van der Waals surface area (Å²) >= 11 is 5.09. The summed E-state index contributed by atoms with van der Waals surface area (Å²) in [5, 5.41) is 7.90. The van der Waals surface area contributed by atoms with Gasteiger partial charge in [0.15, 0.2) is 0 Å². The van der Waals surface area contributed by atoms with E-state index in [1.807, 2.05) is 19.1 Å². The average molecular weight is 299 g/mol. The maximum Gasteiger partial charge on any atom is 0.226 e. The molecule has 0 saturated heterocycles. The molecule has 0 N–H and O–H groups in total. The van der Waals surface area contributed by atoms with Crippen LogP contribution in [0.25, 0.3) is 0 Å². The SMILES string of the molecule is CCc1nnc(CSc2ccc(Br)cc2)o1. The van der Waals surface area contributed by atoms with Gasteiger partial charge in [-0.25, -0.2) is 0 Å². The van der Waals surface area contributed by atoms with E-state index in [9.17, 15) is 0 Å². The molecule has 0 atom stereocenters. The summed E-state index contributed by atoms with van der Waals surface area (Å²) in [5.41, 5.74) is 0. The van der Waals surface area contributed by atoms with E-state index in [4.69, 9.17) is 4.42 Å². The molecule has 0 aliphatic heterocycles. The molecule has 0 unspecified atom stereocenters. The second kappa shape index (κ2) is 5.50. The molecule has 0 aliphatic carbocycles. The van der Waals surface area contributed by atoms with E-state index >= 15 is 0 Å². The lowest BCUT2D eigenvalue weighted by molar-refractivity contribution is 0.470. The van der Waals surface area contributed by atoms with Crippen LogP contribution >= 0.6 is 27.7 Å². The van der Waals surface area contributed by atoms with E-state index in [-0.39, 0.29) is 0 Å². The summed E-state index contributed by atoms with van der Waals surface area (Å²) < 4.78 is 6.51. The van der Waals surface area contributed by atoms with Crippen molar-refractivity contribution in [3.63, 3.8) is 0 Å². The number of benzene rings is 1. The molecule has 0 saturated carbocycles. The first-order chi connectivity index (χ1) is 7.78. The number of rotatable bonds is 4. The first kappa shape index (κ1) is 11.7. The van der Waals surface area contributed by atoms with Crippen LogP contribution < -0.4 is 0 Å². The van der Waals surface area contributed by atoms with E-state index in [2.05, 4.69) is 38.3 Å². The molecule has 0 radical (unpaired) electrons. The number of halogens is 1. The van der Waals surface area contributed by atoms with Gasteiger partial charge in [0.1, 0.15) is 0 Å². The van der Waals surface area contributed by atoms with Crippen molar-refractivity contribution in [2.24, 2.45) is 0 Å². The molecule has 1 aromatic carbocycles. The van der Waals surface area contributed by atoms with Gasteiger partial charge in [-0.3, -0.25) is 0 Å². The highest BCUT2D eigenvalue weighted by Crippen LogP contribution is 2.23.